The maximum absolute atomic E-state index is 12.1. The fourth-order valence-corrected chi connectivity index (χ4v) is 3.89. The molecule has 4 nitrogen and oxygen atoms in total. The lowest BCUT2D eigenvalue weighted by Gasteiger charge is -2.21. The quantitative estimate of drug-likeness (QED) is 0.868. The van der Waals surface area contributed by atoms with Crippen LogP contribution < -0.4 is 10.0 Å². The second-order valence-electron chi connectivity index (χ2n) is 4.71. The first-order valence-corrected chi connectivity index (χ1v) is 7.76. The summed E-state index contributed by atoms with van der Waals surface area (Å²) in [7, 11) is -3.76. The van der Waals surface area contributed by atoms with Gasteiger partial charge in [0.2, 0.25) is 10.0 Å². The molecule has 0 fully saturated rings. The predicted octanol–water partition coefficient (Wildman–Crippen LogP) is 2.30. The lowest BCUT2D eigenvalue weighted by molar-refractivity contribution is -0.134. The monoisotopic (exact) mass is 308 g/mol. The third-order valence-electron chi connectivity index (χ3n) is 3.18. The Bertz CT molecular complexity index is 599. The molecule has 1 aromatic rings. The molecular formula is C12H15F3N2O2S. The Labute approximate surface area is 115 Å². The summed E-state index contributed by atoms with van der Waals surface area (Å²) in [6.45, 7) is 0.234. The van der Waals surface area contributed by atoms with Crippen molar-refractivity contribution in [2.75, 3.05) is 22.3 Å². The zero-order valence-corrected chi connectivity index (χ0v) is 11.5. The van der Waals surface area contributed by atoms with Crippen LogP contribution in [0.25, 0.3) is 0 Å². The molecule has 1 aliphatic rings. The van der Waals surface area contributed by atoms with Crippen LogP contribution in [0.3, 0.4) is 0 Å². The van der Waals surface area contributed by atoms with Gasteiger partial charge in [-0.2, -0.15) is 13.2 Å². The molecule has 20 heavy (non-hydrogen) atoms. The summed E-state index contributed by atoms with van der Waals surface area (Å²) in [5.41, 5.74) is 7.33. The minimum absolute atomic E-state index is 0.234. The first-order chi connectivity index (χ1) is 9.21. The van der Waals surface area contributed by atoms with Gasteiger partial charge in [-0.15, -0.1) is 0 Å². The normalized spacial score (nSPS) is 15.4. The number of hydrogen-bond acceptors (Lipinski definition) is 3. The highest BCUT2D eigenvalue weighted by atomic mass is 32.2. The van der Waals surface area contributed by atoms with Crippen LogP contribution in [-0.2, 0) is 16.4 Å². The van der Waals surface area contributed by atoms with Crippen molar-refractivity contribution in [1.82, 2.24) is 0 Å². The molecule has 0 atom stereocenters. The molecule has 0 saturated heterocycles. The summed E-state index contributed by atoms with van der Waals surface area (Å²) in [4.78, 5) is 0. The molecule has 0 radical (unpaired) electrons. The van der Waals surface area contributed by atoms with Crippen molar-refractivity contribution < 1.29 is 21.6 Å². The van der Waals surface area contributed by atoms with Gasteiger partial charge in [-0.05, 0) is 24.5 Å². The van der Waals surface area contributed by atoms with Gasteiger partial charge in [0.05, 0.1) is 17.1 Å². The van der Waals surface area contributed by atoms with Gasteiger partial charge in [0, 0.05) is 13.0 Å². The van der Waals surface area contributed by atoms with Crippen molar-refractivity contribution in [3.8, 4) is 0 Å². The van der Waals surface area contributed by atoms with Crippen LogP contribution in [0.2, 0.25) is 0 Å². The standard InChI is InChI=1S/C12H15F3N2O2S/c13-12(14,15)6-2-8-20(18,19)17-7-5-9-3-1-4-10(16)11(9)17/h1,3-4H,2,5-8,16H2. The predicted molar refractivity (Wildman–Crippen MR) is 71.0 cm³/mol. The highest BCUT2D eigenvalue weighted by Gasteiger charge is 2.32. The summed E-state index contributed by atoms with van der Waals surface area (Å²) in [5.74, 6) is -0.527. The zero-order chi connectivity index (χ0) is 15.0. The fourth-order valence-electron chi connectivity index (χ4n) is 2.29. The third kappa shape index (κ3) is 3.17. The Balaban J connectivity index is 2.13. The molecule has 2 N–H and O–H groups in total. The summed E-state index contributed by atoms with van der Waals surface area (Å²) in [6, 6.07) is 5.09. The third-order valence-corrected chi connectivity index (χ3v) is 5.02. The number of benzene rings is 1. The van der Waals surface area contributed by atoms with E-state index in [1.807, 2.05) is 0 Å². The molecule has 0 aliphatic carbocycles. The molecule has 112 valence electrons. The van der Waals surface area contributed by atoms with E-state index in [1.54, 1.807) is 18.2 Å². The molecule has 0 spiro atoms. The number of para-hydroxylation sites is 1. The summed E-state index contributed by atoms with van der Waals surface area (Å²) >= 11 is 0. The molecule has 1 aliphatic heterocycles. The van der Waals surface area contributed by atoms with Crippen molar-refractivity contribution in [3.63, 3.8) is 0 Å². The Morgan fingerprint density at radius 3 is 2.65 bits per heavy atom. The second-order valence-corrected chi connectivity index (χ2v) is 6.72. The summed E-state index contributed by atoms with van der Waals surface area (Å²) in [6.07, 6.45) is -5.35. The number of sulfonamides is 1. The van der Waals surface area contributed by atoms with Crippen LogP contribution in [0, 0.1) is 0 Å². The van der Waals surface area contributed by atoms with E-state index in [1.165, 1.54) is 0 Å². The first kappa shape index (κ1) is 15.0. The Hall–Kier alpha value is -1.44. The number of rotatable bonds is 4. The first-order valence-electron chi connectivity index (χ1n) is 6.15. The number of fused-ring (bicyclic) bond motifs is 1. The Kier molecular flexibility index (Phi) is 3.86. The zero-order valence-electron chi connectivity index (χ0n) is 10.7. The van der Waals surface area contributed by atoms with E-state index in [-0.39, 0.29) is 6.54 Å². The summed E-state index contributed by atoms with van der Waals surface area (Å²) < 4.78 is 61.7. The minimum Gasteiger partial charge on any atom is -0.397 e. The van der Waals surface area contributed by atoms with Crippen LogP contribution in [-0.4, -0.2) is 26.9 Å². The van der Waals surface area contributed by atoms with Crippen molar-refractivity contribution in [1.29, 1.82) is 0 Å². The average molecular weight is 308 g/mol. The van der Waals surface area contributed by atoms with E-state index in [2.05, 4.69) is 0 Å². The van der Waals surface area contributed by atoms with E-state index in [4.69, 9.17) is 5.73 Å². The lowest BCUT2D eigenvalue weighted by Crippen LogP contribution is -2.32. The van der Waals surface area contributed by atoms with Crippen LogP contribution in [0.15, 0.2) is 18.2 Å². The molecular weight excluding hydrogens is 293 g/mol. The van der Waals surface area contributed by atoms with Crippen molar-refractivity contribution in [2.24, 2.45) is 0 Å². The molecule has 1 aromatic carbocycles. The number of halogens is 3. The highest BCUT2D eigenvalue weighted by molar-refractivity contribution is 7.92. The van der Waals surface area contributed by atoms with Crippen LogP contribution in [0.5, 0.6) is 0 Å². The van der Waals surface area contributed by atoms with Crippen LogP contribution in [0.1, 0.15) is 18.4 Å². The highest BCUT2D eigenvalue weighted by Crippen LogP contribution is 2.36. The molecule has 1 heterocycles. The second kappa shape index (κ2) is 5.16. The van der Waals surface area contributed by atoms with Crippen LogP contribution in [0.4, 0.5) is 24.5 Å². The molecule has 8 heteroatoms. The van der Waals surface area contributed by atoms with Gasteiger partial charge >= 0.3 is 6.18 Å². The molecule has 0 saturated carbocycles. The maximum Gasteiger partial charge on any atom is 0.389 e. The van der Waals surface area contributed by atoms with Gasteiger partial charge in [-0.3, -0.25) is 4.31 Å². The Morgan fingerprint density at radius 2 is 2.00 bits per heavy atom. The number of anilines is 2. The number of nitrogen functional groups attached to an aromatic ring is 1. The van der Waals surface area contributed by atoms with Crippen LogP contribution >= 0.6 is 0 Å². The maximum atomic E-state index is 12.1. The minimum atomic E-state index is -4.34. The van der Waals surface area contributed by atoms with Crippen molar-refractivity contribution >= 4 is 21.4 Å². The molecule has 0 aromatic heterocycles. The largest absolute Gasteiger partial charge is 0.397 e. The topological polar surface area (TPSA) is 63.4 Å². The van der Waals surface area contributed by atoms with E-state index < -0.39 is 34.8 Å². The lowest BCUT2D eigenvalue weighted by atomic mass is 10.1. The molecule has 0 amide bonds. The van der Waals surface area contributed by atoms with E-state index >= 15 is 0 Å². The van der Waals surface area contributed by atoms with Gasteiger partial charge in [0.1, 0.15) is 0 Å². The van der Waals surface area contributed by atoms with Crippen molar-refractivity contribution in [3.05, 3.63) is 23.8 Å². The summed E-state index contributed by atoms with van der Waals surface area (Å²) in [5, 5.41) is 0. The number of nitrogens with zero attached hydrogens (tertiary/aromatic N) is 1. The SMILES string of the molecule is Nc1cccc2c1N(S(=O)(=O)CCCC(F)(F)F)CC2. The molecule has 0 bridgehead atoms. The van der Waals surface area contributed by atoms with E-state index in [0.29, 0.717) is 17.8 Å². The van der Waals surface area contributed by atoms with Crippen molar-refractivity contribution in [2.45, 2.75) is 25.4 Å². The van der Waals surface area contributed by atoms with Gasteiger partial charge in [-0.25, -0.2) is 8.42 Å². The smallest absolute Gasteiger partial charge is 0.389 e. The van der Waals surface area contributed by atoms with E-state index in [0.717, 1.165) is 9.87 Å². The molecule has 2 rings (SSSR count). The molecule has 0 unspecified atom stereocenters. The van der Waals surface area contributed by atoms with Gasteiger partial charge in [0.15, 0.2) is 0 Å². The number of hydrogen-bond donors (Lipinski definition) is 1. The van der Waals surface area contributed by atoms with Gasteiger partial charge < -0.3 is 5.73 Å². The van der Waals surface area contributed by atoms with Gasteiger partial charge in [0.25, 0.3) is 0 Å². The van der Waals surface area contributed by atoms with Gasteiger partial charge in [-0.1, -0.05) is 12.1 Å². The fraction of sp³-hybridized carbons (Fsp3) is 0.500. The average Bonchev–Trinajstić information content (AvgIpc) is 2.72. The number of nitrogens with two attached hydrogens (primary N) is 1. The number of alkyl halides is 3. The van der Waals surface area contributed by atoms with E-state index in [9.17, 15) is 21.6 Å². The Morgan fingerprint density at radius 1 is 1.30 bits per heavy atom.